The molecule has 0 amide bonds. The third kappa shape index (κ3) is 2.79. The van der Waals surface area contributed by atoms with E-state index in [1.165, 1.54) is 12.1 Å². The lowest BCUT2D eigenvalue weighted by Crippen LogP contribution is -2.25. The Balaban J connectivity index is 1.60. The van der Waals surface area contributed by atoms with Crippen molar-refractivity contribution in [3.05, 3.63) is 48.3 Å². The third-order valence-electron chi connectivity index (χ3n) is 2.87. The molecule has 0 saturated heterocycles. The summed E-state index contributed by atoms with van der Waals surface area (Å²) in [6, 6.07) is 8.49. The van der Waals surface area contributed by atoms with Crippen LogP contribution in [0.15, 0.2) is 42.7 Å². The highest BCUT2D eigenvalue weighted by Crippen LogP contribution is 2.42. The molecule has 2 heterocycles. The fourth-order valence-corrected chi connectivity index (χ4v) is 1.96. The van der Waals surface area contributed by atoms with Gasteiger partial charge in [-0.05, 0) is 30.2 Å². The minimum atomic E-state index is -3.57. The molecule has 1 aromatic carbocycles. The number of rotatable bonds is 4. The zero-order chi connectivity index (χ0) is 14.0. The molecule has 1 aliphatic rings. The molecular weight excluding hydrogens is 266 g/mol. The lowest BCUT2D eigenvalue weighted by atomic mass is 10.2. The molecule has 20 heavy (non-hydrogen) atoms. The van der Waals surface area contributed by atoms with Crippen LogP contribution in [-0.2, 0) is 6.42 Å². The molecule has 1 aromatic heterocycles. The second-order valence-corrected chi connectivity index (χ2v) is 4.37. The van der Waals surface area contributed by atoms with E-state index in [9.17, 15) is 8.78 Å². The van der Waals surface area contributed by atoms with Gasteiger partial charge in [0.2, 0.25) is 0 Å². The smallest absolute Gasteiger partial charge is 0.395 e. The quantitative estimate of drug-likeness (QED) is 0.933. The third-order valence-corrected chi connectivity index (χ3v) is 2.87. The lowest BCUT2D eigenvalue weighted by Gasteiger charge is -2.07. The first kappa shape index (κ1) is 12.7. The number of fused-ring (bicyclic) bond motifs is 1. The zero-order valence-electron chi connectivity index (χ0n) is 10.5. The summed E-state index contributed by atoms with van der Waals surface area (Å²) in [5.74, 6) is 0.0918. The number of hydrogen-bond acceptors (Lipinski definition) is 4. The van der Waals surface area contributed by atoms with E-state index in [1.54, 1.807) is 18.5 Å². The number of hydrogen-bond donors (Lipinski definition) is 1. The van der Waals surface area contributed by atoms with Crippen LogP contribution in [0.3, 0.4) is 0 Å². The van der Waals surface area contributed by atoms with E-state index < -0.39 is 6.29 Å². The van der Waals surface area contributed by atoms with Crippen LogP contribution < -0.4 is 14.8 Å². The molecule has 4 nitrogen and oxygen atoms in total. The van der Waals surface area contributed by atoms with Gasteiger partial charge in [-0.3, -0.25) is 4.98 Å². The van der Waals surface area contributed by atoms with Crippen molar-refractivity contribution in [1.29, 1.82) is 0 Å². The van der Waals surface area contributed by atoms with E-state index in [4.69, 9.17) is 0 Å². The van der Waals surface area contributed by atoms with E-state index >= 15 is 0 Å². The van der Waals surface area contributed by atoms with Gasteiger partial charge in [0.05, 0.1) is 0 Å². The number of ether oxygens (including phenoxy) is 2. The number of anilines is 1. The van der Waals surface area contributed by atoms with Crippen molar-refractivity contribution >= 4 is 5.69 Å². The van der Waals surface area contributed by atoms with Gasteiger partial charge in [-0.2, -0.15) is 0 Å². The second-order valence-electron chi connectivity index (χ2n) is 4.37. The van der Waals surface area contributed by atoms with Crippen molar-refractivity contribution in [2.75, 3.05) is 11.9 Å². The van der Waals surface area contributed by atoms with E-state index in [0.717, 1.165) is 12.0 Å². The average molecular weight is 278 g/mol. The van der Waals surface area contributed by atoms with Crippen LogP contribution >= 0.6 is 0 Å². The average Bonchev–Trinajstić information content (AvgIpc) is 2.73. The number of pyridine rings is 1. The molecule has 1 aliphatic heterocycles. The van der Waals surface area contributed by atoms with Crippen LogP contribution in [0.5, 0.6) is 11.5 Å². The van der Waals surface area contributed by atoms with Crippen molar-refractivity contribution in [2.45, 2.75) is 12.7 Å². The summed E-state index contributed by atoms with van der Waals surface area (Å²) < 4.78 is 34.5. The van der Waals surface area contributed by atoms with Gasteiger partial charge in [-0.15, -0.1) is 8.78 Å². The van der Waals surface area contributed by atoms with Crippen molar-refractivity contribution in [1.82, 2.24) is 4.98 Å². The van der Waals surface area contributed by atoms with Gasteiger partial charge in [-0.25, -0.2) is 0 Å². The van der Waals surface area contributed by atoms with Gasteiger partial charge in [0.1, 0.15) is 0 Å². The maximum atomic E-state index is 12.9. The molecule has 0 saturated carbocycles. The number of alkyl halides is 2. The molecule has 2 aromatic rings. The lowest BCUT2D eigenvalue weighted by molar-refractivity contribution is -0.286. The van der Waals surface area contributed by atoms with Crippen molar-refractivity contribution < 1.29 is 18.3 Å². The van der Waals surface area contributed by atoms with E-state index in [-0.39, 0.29) is 11.5 Å². The molecule has 0 spiro atoms. The van der Waals surface area contributed by atoms with Crippen LogP contribution in [-0.4, -0.2) is 17.8 Å². The maximum absolute atomic E-state index is 12.9. The summed E-state index contributed by atoms with van der Waals surface area (Å²) in [7, 11) is 0. The predicted molar refractivity (Wildman–Crippen MR) is 69.1 cm³/mol. The van der Waals surface area contributed by atoms with Gasteiger partial charge in [-0.1, -0.05) is 6.07 Å². The van der Waals surface area contributed by atoms with Crippen LogP contribution in [0.4, 0.5) is 14.5 Å². The van der Waals surface area contributed by atoms with Crippen LogP contribution in [0.2, 0.25) is 0 Å². The van der Waals surface area contributed by atoms with Gasteiger partial charge in [0, 0.05) is 30.7 Å². The highest BCUT2D eigenvalue weighted by atomic mass is 19.3. The number of nitrogens with one attached hydrogen (secondary N) is 1. The molecule has 0 atom stereocenters. The van der Waals surface area contributed by atoms with E-state index in [2.05, 4.69) is 19.8 Å². The Labute approximate surface area is 114 Å². The predicted octanol–water partition coefficient (Wildman–Crippen LogP) is 3.06. The maximum Gasteiger partial charge on any atom is 0.586 e. The zero-order valence-corrected chi connectivity index (χ0v) is 10.5. The number of benzene rings is 1. The van der Waals surface area contributed by atoms with E-state index in [1.807, 2.05) is 12.1 Å². The van der Waals surface area contributed by atoms with Crippen molar-refractivity contribution in [3.8, 4) is 11.5 Å². The van der Waals surface area contributed by atoms with Crippen molar-refractivity contribution in [3.63, 3.8) is 0 Å². The Morgan fingerprint density at radius 2 is 2.00 bits per heavy atom. The Kier molecular flexibility index (Phi) is 3.14. The molecule has 0 bridgehead atoms. The Morgan fingerprint density at radius 3 is 2.80 bits per heavy atom. The summed E-state index contributed by atoms with van der Waals surface area (Å²) in [4.78, 5) is 4.03. The molecule has 0 unspecified atom stereocenters. The van der Waals surface area contributed by atoms with Crippen LogP contribution in [0.1, 0.15) is 5.56 Å². The first-order valence-corrected chi connectivity index (χ1v) is 6.15. The van der Waals surface area contributed by atoms with Gasteiger partial charge < -0.3 is 14.8 Å². The largest absolute Gasteiger partial charge is 0.586 e. The summed E-state index contributed by atoms with van der Waals surface area (Å²) in [5, 5.41) is 3.14. The number of halogens is 2. The summed E-state index contributed by atoms with van der Waals surface area (Å²) in [6.07, 6.45) is 0.728. The minimum Gasteiger partial charge on any atom is -0.395 e. The summed E-state index contributed by atoms with van der Waals surface area (Å²) >= 11 is 0. The minimum absolute atomic E-state index is 0.0429. The first-order valence-electron chi connectivity index (χ1n) is 6.15. The molecule has 0 radical (unpaired) electrons. The van der Waals surface area contributed by atoms with Crippen LogP contribution in [0.25, 0.3) is 0 Å². The monoisotopic (exact) mass is 278 g/mol. The van der Waals surface area contributed by atoms with Gasteiger partial charge >= 0.3 is 6.29 Å². The number of nitrogens with zero attached hydrogens (tertiary/aromatic N) is 1. The summed E-state index contributed by atoms with van der Waals surface area (Å²) in [5.41, 5.74) is 1.81. The van der Waals surface area contributed by atoms with Gasteiger partial charge in [0.15, 0.2) is 11.5 Å². The molecule has 6 heteroatoms. The molecule has 0 aliphatic carbocycles. The molecular formula is C14H12F2N2O2. The number of aromatic nitrogens is 1. The van der Waals surface area contributed by atoms with Gasteiger partial charge in [0.25, 0.3) is 0 Å². The Bertz CT molecular complexity index is 605. The Morgan fingerprint density at radius 1 is 1.15 bits per heavy atom. The highest BCUT2D eigenvalue weighted by molar-refractivity contribution is 5.56. The second kappa shape index (κ2) is 4.96. The fraction of sp³-hybridized carbons (Fsp3) is 0.214. The topological polar surface area (TPSA) is 43.4 Å². The molecule has 104 valence electrons. The first-order chi connectivity index (χ1) is 9.62. The fourth-order valence-electron chi connectivity index (χ4n) is 1.96. The normalized spacial score (nSPS) is 15.1. The Hall–Kier alpha value is -2.37. The molecule has 1 N–H and O–H groups in total. The summed E-state index contributed by atoms with van der Waals surface area (Å²) in [6.45, 7) is 0.668. The standard InChI is InChI=1S/C14H12F2N2O2/c15-14(16)19-12-4-3-11(8-13(12)20-14)18-7-5-10-2-1-6-17-9-10/h1-4,6,8-9,18H,5,7H2. The molecule has 3 rings (SSSR count). The molecule has 0 fully saturated rings. The highest BCUT2D eigenvalue weighted by Gasteiger charge is 2.43. The SMILES string of the molecule is FC1(F)Oc2ccc(NCCc3cccnc3)cc2O1. The van der Waals surface area contributed by atoms with E-state index in [0.29, 0.717) is 12.2 Å². The van der Waals surface area contributed by atoms with Crippen molar-refractivity contribution in [2.24, 2.45) is 0 Å². The van der Waals surface area contributed by atoms with Crippen LogP contribution in [0, 0.1) is 0 Å².